The first kappa shape index (κ1) is 24.0. The van der Waals surface area contributed by atoms with Crippen molar-refractivity contribution < 1.29 is 31.8 Å². The molecule has 1 aliphatic rings. The van der Waals surface area contributed by atoms with Crippen LogP contribution < -0.4 is 9.47 Å². The number of pyridine rings is 1. The summed E-state index contributed by atoms with van der Waals surface area (Å²) in [5.74, 6) is -1.23. The normalized spacial score (nSPS) is 14.1. The molecule has 3 heterocycles. The zero-order chi connectivity index (χ0) is 25.3. The fourth-order valence-electron chi connectivity index (χ4n) is 3.78. The molecule has 0 spiro atoms. The third-order valence-electron chi connectivity index (χ3n) is 5.57. The number of benzene rings is 1. The van der Waals surface area contributed by atoms with Crippen LogP contribution in [0.3, 0.4) is 0 Å². The van der Waals surface area contributed by atoms with Gasteiger partial charge < -0.3 is 14.4 Å². The molecule has 3 aromatic rings. The van der Waals surface area contributed by atoms with Crippen molar-refractivity contribution in [3.05, 3.63) is 64.9 Å². The lowest BCUT2D eigenvalue weighted by Crippen LogP contribution is -2.37. The molecular weight excluding hydrogens is 470 g/mol. The van der Waals surface area contributed by atoms with E-state index in [9.17, 15) is 27.6 Å². The number of halogens is 4. The second-order valence-corrected chi connectivity index (χ2v) is 7.77. The summed E-state index contributed by atoms with van der Waals surface area (Å²) in [5, 5.41) is 13.7. The van der Waals surface area contributed by atoms with Crippen LogP contribution in [-0.4, -0.2) is 51.5 Å². The first-order chi connectivity index (χ1) is 16.6. The van der Waals surface area contributed by atoms with Gasteiger partial charge in [0.05, 0.1) is 30.8 Å². The molecule has 2 aromatic heterocycles. The van der Waals surface area contributed by atoms with Crippen molar-refractivity contribution in [3.63, 3.8) is 0 Å². The molecule has 12 heteroatoms. The predicted molar refractivity (Wildman–Crippen MR) is 114 cm³/mol. The van der Waals surface area contributed by atoms with Gasteiger partial charge in [-0.25, -0.2) is 14.1 Å². The number of hydrogen-bond acceptors (Lipinski definition) is 6. The highest BCUT2D eigenvalue weighted by molar-refractivity contribution is 6.00. The molecule has 1 aliphatic heterocycles. The van der Waals surface area contributed by atoms with E-state index in [2.05, 4.69) is 10.1 Å². The number of fused-ring (bicyclic) bond motifs is 1. The number of ether oxygens (including phenoxy) is 2. The van der Waals surface area contributed by atoms with Gasteiger partial charge in [-0.2, -0.15) is 23.5 Å². The SMILES string of the molecule is COc1c(C#N)ccc(OC(C)C(F)(F)F)c1C(=O)N1CCc2c(cnn2-c2ccc(F)cn2)C1. The smallest absolute Gasteiger partial charge is 0.425 e. The number of rotatable bonds is 5. The number of amides is 1. The maximum atomic E-state index is 13.5. The summed E-state index contributed by atoms with van der Waals surface area (Å²) in [5.41, 5.74) is 1.18. The largest absolute Gasteiger partial charge is 0.494 e. The number of nitrogens with zero attached hydrogens (tertiary/aromatic N) is 5. The predicted octanol–water partition coefficient (Wildman–Crippen LogP) is 3.81. The Morgan fingerprint density at radius 1 is 1.23 bits per heavy atom. The zero-order valence-electron chi connectivity index (χ0n) is 18.6. The Kier molecular flexibility index (Phi) is 6.34. The molecule has 0 saturated carbocycles. The van der Waals surface area contributed by atoms with Crippen LogP contribution in [0.25, 0.3) is 5.82 Å². The monoisotopic (exact) mass is 489 g/mol. The molecule has 1 amide bonds. The number of carbonyl (C=O) groups excluding carboxylic acids is 1. The van der Waals surface area contributed by atoms with Gasteiger partial charge in [0.1, 0.15) is 23.2 Å². The minimum Gasteiger partial charge on any atom is -0.494 e. The van der Waals surface area contributed by atoms with Crippen LogP contribution in [0.2, 0.25) is 0 Å². The molecule has 182 valence electrons. The van der Waals surface area contributed by atoms with E-state index >= 15 is 0 Å². The summed E-state index contributed by atoms with van der Waals surface area (Å²) in [6.07, 6.45) is -3.88. The first-order valence-corrected chi connectivity index (χ1v) is 10.5. The Morgan fingerprint density at radius 2 is 2.00 bits per heavy atom. The van der Waals surface area contributed by atoms with Crippen LogP contribution >= 0.6 is 0 Å². The summed E-state index contributed by atoms with van der Waals surface area (Å²) in [6.45, 7) is 1.13. The van der Waals surface area contributed by atoms with Gasteiger partial charge in [-0.15, -0.1) is 0 Å². The average molecular weight is 489 g/mol. The van der Waals surface area contributed by atoms with Crippen LogP contribution in [-0.2, 0) is 13.0 Å². The molecule has 0 N–H and O–H groups in total. The van der Waals surface area contributed by atoms with Crippen molar-refractivity contribution in [2.75, 3.05) is 13.7 Å². The zero-order valence-corrected chi connectivity index (χ0v) is 18.6. The molecule has 0 saturated heterocycles. The summed E-state index contributed by atoms with van der Waals surface area (Å²) < 4.78 is 64.5. The number of hydrogen-bond donors (Lipinski definition) is 0. The van der Waals surface area contributed by atoms with Crippen LogP contribution in [0, 0.1) is 17.1 Å². The summed E-state index contributed by atoms with van der Waals surface area (Å²) in [7, 11) is 1.22. The second kappa shape index (κ2) is 9.25. The lowest BCUT2D eigenvalue weighted by atomic mass is 10.0. The minimum atomic E-state index is -4.66. The quantitative estimate of drug-likeness (QED) is 0.506. The third-order valence-corrected chi connectivity index (χ3v) is 5.57. The molecule has 0 aliphatic carbocycles. The van der Waals surface area contributed by atoms with Gasteiger partial charge in [0.15, 0.2) is 17.7 Å². The van der Waals surface area contributed by atoms with Crippen LogP contribution in [0.5, 0.6) is 11.5 Å². The van der Waals surface area contributed by atoms with Crippen LogP contribution in [0.1, 0.15) is 34.1 Å². The highest BCUT2D eigenvalue weighted by Gasteiger charge is 2.39. The van der Waals surface area contributed by atoms with Gasteiger partial charge >= 0.3 is 6.18 Å². The fourth-order valence-corrected chi connectivity index (χ4v) is 3.78. The van der Waals surface area contributed by atoms with Crippen molar-refractivity contribution in [1.29, 1.82) is 5.26 Å². The van der Waals surface area contributed by atoms with Gasteiger partial charge in [-0.1, -0.05) is 0 Å². The average Bonchev–Trinajstić information content (AvgIpc) is 3.26. The first-order valence-electron chi connectivity index (χ1n) is 10.5. The van der Waals surface area contributed by atoms with Crippen LogP contribution in [0.4, 0.5) is 17.6 Å². The highest BCUT2D eigenvalue weighted by atomic mass is 19.4. The molecule has 0 fully saturated rings. The lowest BCUT2D eigenvalue weighted by Gasteiger charge is -2.29. The van der Waals surface area contributed by atoms with Gasteiger partial charge in [-0.05, 0) is 31.2 Å². The van der Waals surface area contributed by atoms with E-state index in [-0.39, 0.29) is 35.7 Å². The number of alkyl halides is 3. The molecule has 8 nitrogen and oxygen atoms in total. The van der Waals surface area contributed by atoms with E-state index in [1.54, 1.807) is 10.9 Å². The molecule has 35 heavy (non-hydrogen) atoms. The molecule has 4 rings (SSSR count). The summed E-state index contributed by atoms with van der Waals surface area (Å²) in [4.78, 5) is 19.0. The number of nitriles is 1. The Bertz CT molecular complexity index is 1300. The van der Waals surface area contributed by atoms with Crippen molar-refractivity contribution in [2.45, 2.75) is 32.2 Å². The molecule has 1 atom stereocenters. The van der Waals surface area contributed by atoms with E-state index in [0.717, 1.165) is 24.9 Å². The van der Waals surface area contributed by atoms with Gasteiger partial charge in [0.2, 0.25) is 0 Å². The maximum absolute atomic E-state index is 13.5. The number of carbonyl (C=O) groups is 1. The third kappa shape index (κ3) is 4.62. The fraction of sp³-hybridized carbons (Fsp3) is 0.304. The number of methoxy groups -OCH3 is 1. The van der Waals surface area contributed by atoms with Crippen LogP contribution in [0.15, 0.2) is 36.7 Å². The van der Waals surface area contributed by atoms with E-state index in [4.69, 9.17) is 9.47 Å². The van der Waals surface area contributed by atoms with Crippen molar-refractivity contribution in [2.24, 2.45) is 0 Å². The van der Waals surface area contributed by atoms with Gasteiger partial charge in [0.25, 0.3) is 5.91 Å². The Balaban J connectivity index is 1.67. The van der Waals surface area contributed by atoms with Crippen molar-refractivity contribution in [3.8, 4) is 23.4 Å². The molecule has 1 aromatic carbocycles. The Morgan fingerprint density at radius 3 is 2.63 bits per heavy atom. The van der Waals surface area contributed by atoms with Gasteiger partial charge in [-0.3, -0.25) is 4.79 Å². The maximum Gasteiger partial charge on any atom is 0.425 e. The highest BCUT2D eigenvalue weighted by Crippen LogP contribution is 2.36. The minimum absolute atomic E-state index is 0.0178. The lowest BCUT2D eigenvalue weighted by molar-refractivity contribution is -0.189. The van der Waals surface area contributed by atoms with E-state index in [1.165, 1.54) is 30.2 Å². The summed E-state index contributed by atoms with van der Waals surface area (Å²) >= 11 is 0. The Labute approximate surface area is 197 Å². The topological polar surface area (TPSA) is 93.3 Å². The van der Waals surface area contributed by atoms with E-state index in [1.807, 2.05) is 6.07 Å². The van der Waals surface area contributed by atoms with E-state index in [0.29, 0.717) is 17.8 Å². The Hall–Kier alpha value is -4.14. The molecule has 1 unspecified atom stereocenters. The van der Waals surface area contributed by atoms with Crippen molar-refractivity contribution >= 4 is 5.91 Å². The molecular formula is C23H19F4N5O3. The van der Waals surface area contributed by atoms with E-state index < -0.39 is 24.0 Å². The number of aromatic nitrogens is 3. The molecule has 0 radical (unpaired) electrons. The second-order valence-electron chi connectivity index (χ2n) is 7.77. The van der Waals surface area contributed by atoms with Crippen molar-refractivity contribution in [1.82, 2.24) is 19.7 Å². The summed E-state index contributed by atoms with van der Waals surface area (Å²) in [6, 6.07) is 7.00. The van der Waals surface area contributed by atoms with Gasteiger partial charge in [0, 0.05) is 25.1 Å². The molecule has 0 bridgehead atoms. The standard InChI is InChI=1S/C23H19F4N5O3/c1-13(23(25,26)27)35-18-5-3-14(9-28)21(34-2)20(18)22(33)31-8-7-17-15(12-31)10-30-32(17)19-6-4-16(24)11-29-19/h3-6,10-11,13H,7-8,12H2,1-2H3.